The number of unbranched alkanes of at least 4 members (excludes halogenated alkanes) is 2. The van der Waals surface area contributed by atoms with E-state index < -0.39 is 44.3 Å². The maximum absolute atomic E-state index is 12.6. The monoisotopic (exact) mass is 696 g/mol. The van der Waals surface area contributed by atoms with Gasteiger partial charge in [0.25, 0.3) is 0 Å². The van der Waals surface area contributed by atoms with Crippen LogP contribution in [0.25, 0.3) is 21.5 Å². The van der Waals surface area contributed by atoms with Crippen LogP contribution in [0.2, 0.25) is 13.1 Å². The van der Waals surface area contributed by atoms with E-state index in [1.54, 1.807) is 12.1 Å². The molecule has 40 heavy (non-hydrogen) atoms. The van der Waals surface area contributed by atoms with E-state index in [1.807, 2.05) is 24.3 Å². The van der Waals surface area contributed by atoms with Gasteiger partial charge in [-0.1, -0.05) is 75.9 Å². The van der Waals surface area contributed by atoms with Crippen molar-refractivity contribution >= 4 is 48.1 Å². The molecule has 0 bridgehead atoms. The maximum atomic E-state index is 12.6. The molecule has 218 valence electrons. The molecule has 0 fully saturated rings. The minimum absolute atomic E-state index is 0.545. The molecule has 0 aliphatic heterocycles. The van der Waals surface area contributed by atoms with Crippen molar-refractivity contribution in [3.63, 3.8) is 0 Å². The van der Waals surface area contributed by atoms with Gasteiger partial charge in [-0.15, -0.1) is 57.9 Å². The van der Waals surface area contributed by atoms with E-state index in [1.165, 1.54) is 24.3 Å². The molecule has 10 heteroatoms. The van der Waals surface area contributed by atoms with E-state index in [0.29, 0.717) is 10.8 Å². The predicted octanol–water partition coefficient (Wildman–Crippen LogP) is 12.0. The molecule has 4 aromatic rings. The Kier molecular flexibility index (Phi) is 17.0. The summed E-state index contributed by atoms with van der Waals surface area (Å²) in [7, 11) is 11.0. The van der Waals surface area contributed by atoms with Crippen molar-refractivity contribution in [2.45, 2.75) is 77.8 Å². The fraction of sp³-hybridized carbons (Fsp3) is 0.400. The van der Waals surface area contributed by atoms with Crippen molar-refractivity contribution in [3.05, 3.63) is 82.9 Å². The van der Waals surface area contributed by atoms with E-state index in [-0.39, 0.29) is 0 Å². The van der Waals surface area contributed by atoms with Crippen LogP contribution < -0.4 is 0 Å². The van der Waals surface area contributed by atoms with Crippen LogP contribution in [0.3, 0.4) is 0 Å². The van der Waals surface area contributed by atoms with Crippen LogP contribution in [0.15, 0.2) is 60.7 Å². The summed E-state index contributed by atoms with van der Waals surface area (Å²) in [6, 6.07) is 15.9. The zero-order valence-corrected chi connectivity index (χ0v) is 28.0. The SMILES string of the molecule is CCCCc1cccc2[cH-]c(C(F)(F)F)cc12.CCCCc1cccc2[cH-]c(C(F)(F)F)cc12.C[Si]C.[Cl][Zr+2][Cl]. The zero-order chi connectivity index (χ0) is 30.3. The Morgan fingerprint density at radius 1 is 0.700 bits per heavy atom. The number of alkyl halides is 6. The molecule has 0 atom stereocenters. The molecule has 4 rings (SSSR count). The Balaban J connectivity index is 0.000000335. The quantitative estimate of drug-likeness (QED) is 0.107. The van der Waals surface area contributed by atoms with Gasteiger partial charge in [0.05, 0.1) is 0 Å². The number of benzene rings is 2. The third-order valence-electron chi connectivity index (χ3n) is 5.94. The third kappa shape index (κ3) is 12.0. The van der Waals surface area contributed by atoms with Gasteiger partial charge in [-0.2, -0.15) is 38.5 Å². The molecule has 0 aromatic heterocycles. The third-order valence-corrected chi connectivity index (χ3v) is 5.94. The van der Waals surface area contributed by atoms with Crippen molar-refractivity contribution in [1.82, 2.24) is 0 Å². The second-order valence-electron chi connectivity index (χ2n) is 9.10. The second-order valence-corrected chi connectivity index (χ2v) is 13.8. The summed E-state index contributed by atoms with van der Waals surface area (Å²) in [5.74, 6) is 0. The van der Waals surface area contributed by atoms with Crippen molar-refractivity contribution in [3.8, 4) is 0 Å². The number of fused-ring (bicyclic) bond motifs is 2. The Morgan fingerprint density at radius 2 is 1.02 bits per heavy atom. The van der Waals surface area contributed by atoms with Crippen LogP contribution in [0.1, 0.15) is 61.8 Å². The second kappa shape index (κ2) is 18.5. The molecule has 0 amide bonds. The van der Waals surface area contributed by atoms with Gasteiger partial charge in [-0.3, -0.25) is 0 Å². The van der Waals surface area contributed by atoms with E-state index in [0.717, 1.165) is 69.9 Å². The van der Waals surface area contributed by atoms with Gasteiger partial charge in [0.1, 0.15) is 0 Å². The van der Waals surface area contributed by atoms with E-state index in [4.69, 9.17) is 17.0 Å². The first-order chi connectivity index (χ1) is 18.9. The predicted molar refractivity (Wildman–Crippen MR) is 155 cm³/mol. The molecule has 0 aliphatic rings. The number of hydrogen-bond donors (Lipinski definition) is 0. The molecule has 0 heterocycles. The number of hydrogen-bond acceptors (Lipinski definition) is 0. The van der Waals surface area contributed by atoms with E-state index >= 15 is 0 Å². The van der Waals surface area contributed by atoms with Gasteiger partial charge < -0.3 is 0 Å². The number of aryl methyl sites for hydroxylation is 2. The fourth-order valence-corrected chi connectivity index (χ4v) is 4.10. The molecule has 0 spiro atoms. The average molecular weight is 699 g/mol. The molecule has 4 aromatic carbocycles. The Bertz CT molecular complexity index is 1160. The summed E-state index contributed by atoms with van der Waals surface area (Å²) >= 11 is -0.826. The van der Waals surface area contributed by atoms with Crippen LogP contribution in [0, 0.1) is 0 Å². The molecule has 0 aliphatic carbocycles. The summed E-state index contributed by atoms with van der Waals surface area (Å²) in [4.78, 5) is 0. The summed E-state index contributed by atoms with van der Waals surface area (Å²) in [6.07, 6.45) is -2.71. The van der Waals surface area contributed by atoms with Crippen LogP contribution in [0.5, 0.6) is 0 Å². The summed E-state index contributed by atoms with van der Waals surface area (Å²) in [5.41, 5.74) is 0.938. The number of rotatable bonds is 6. The normalized spacial score (nSPS) is 11.1. The van der Waals surface area contributed by atoms with Crippen molar-refractivity contribution in [2.24, 2.45) is 0 Å². The Morgan fingerprint density at radius 3 is 1.30 bits per heavy atom. The fourth-order valence-electron chi connectivity index (χ4n) is 4.10. The average Bonchev–Trinajstić information content (AvgIpc) is 3.53. The molecular formula is C30H34Cl2F6SiZr. The molecule has 0 unspecified atom stereocenters. The van der Waals surface area contributed by atoms with Gasteiger partial charge in [-0.25, -0.2) is 0 Å². The van der Waals surface area contributed by atoms with E-state index in [9.17, 15) is 26.3 Å². The molecule has 2 radical (unpaired) electrons. The molecule has 0 saturated heterocycles. The van der Waals surface area contributed by atoms with Crippen molar-refractivity contribution < 1.29 is 47.2 Å². The van der Waals surface area contributed by atoms with Gasteiger partial charge in [0.15, 0.2) is 0 Å². The number of halogens is 8. The van der Waals surface area contributed by atoms with Crippen LogP contribution in [-0.4, -0.2) is 9.52 Å². The topological polar surface area (TPSA) is 0 Å². The summed E-state index contributed by atoms with van der Waals surface area (Å²) in [5, 5.41) is 2.86. The first-order valence-corrected chi connectivity index (χ1v) is 21.3. The molecular weight excluding hydrogens is 665 g/mol. The van der Waals surface area contributed by atoms with Crippen molar-refractivity contribution in [2.75, 3.05) is 0 Å². The molecule has 0 N–H and O–H groups in total. The first kappa shape index (κ1) is 36.9. The van der Waals surface area contributed by atoms with Crippen molar-refractivity contribution in [1.29, 1.82) is 0 Å². The molecule has 0 saturated carbocycles. The minimum atomic E-state index is -4.25. The Labute approximate surface area is 254 Å². The zero-order valence-electron chi connectivity index (χ0n) is 23.0. The van der Waals surface area contributed by atoms with Gasteiger partial charge >= 0.3 is 50.2 Å². The van der Waals surface area contributed by atoms with Gasteiger partial charge in [0, 0.05) is 9.52 Å². The van der Waals surface area contributed by atoms with Crippen LogP contribution >= 0.6 is 17.0 Å². The van der Waals surface area contributed by atoms with Gasteiger partial charge in [0.2, 0.25) is 0 Å². The van der Waals surface area contributed by atoms with Crippen LogP contribution in [-0.2, 0) is 46.0 Å². The summed E-state index contributed by atoms with van der Waals surface area (Å²) < 4.78 is 75.7. The first-order valence-electron chi connectivity index (χ1n) is 12.9. The Hall–Kier alpha value is -1.08. The van der Waals surface area contributed by atoms with Crippen LogP contribution in [0.4, 0.5) is 26.3 Å². The van der Waals surface area contributed by atoms with Gasteiger partial charge in [-0.05, 0) is 24.0 Å². The van der Waals surface area contributed by atoms with E-state index in [2.05, 4.69) is 26.9 Å². The standard InChI is InChI=1S/2C14H14F3.C2H6Si.2ClH.Zr/c2*1-2-3-5-10-6-4-7-11-8-12(9-13(10)11)14(15,16)17;1-3-2;;;/h2*4,6-9H,2-3,5H2,1H3;1-2H3;2*1H;/q2*-1;;;;+4/p-2. The summed E-state index contributed by atoms with van der Waals surface area (Å²) in [6.45, 7) is 8.46. The molecule has 0 nitrogen and oxygen atoms in total.